The number of nitrogen functional groups attached to an aromatic ring is 1. The molecule has 0 radical (unpaired) electrons. The van der Waals surface area contributed by atoms with Crippen LogP contribution in [-0.4, -0.2) is 24.0 Å². The number of aryl methyl sites for hydroxylation is 2. The van der Waals surface area contributed by atoms with E-state index in [1.165, 1.54) is 49.0 Å². The van der Waals surface area contributed by atoms with Gasteiger partial charge in [0.1, 0.15) is 0 Å². The summed E-state index contributed by atoms with van der Waals surface area (Å²) in [5.74, 6) is 0. The summed E-state index contributed by atoms with van der Waals surface area (Å²) in [6, 6.07) is 17.5. The monoisotopic (exact) mass is 310 g/mol. The fourth-order valence-electron chi connectivity index (χ4n) is 3.03. The van der Waals surface area contributed by atoms with Crippen LogP contribution in [0.4, 0.5) is 5.69 Å². The third-order valence-corrected chi connectivity index (χ3v) is 4.54. The van der Waals surface area contributed by atoms with Crippen LogP contribution >= 0.6 is 0 Å². The zero-order chi connectivity index (χ0) is 16.7. The Morgan fingerprint density at radius 2 is 1.78 bits per heavy atom. The summed E-state index contributed by atoms with van der Waals surface area (Å²) in [5.41, 5.74) is 10.4. The summed E-state index contributed by atoms with van der Waals surface area (Å²) in [6.07, 6.45) is 3.97. The molecule has 0 bridgehead atoms. The van der Waals surface area contributed by atoms with Gasteiger partial charge in [-0.3, -0.25) is 0 Å². The van der Waals surface area contributed by atoms with Crippen molar-refractivity contribution in [2.75, 3.05) is 18.8 Å². The SMILES string of the molecule is Cc1ccc(N)cc1.Cc1cccc(CCN2CCCC2C)c1. The Morgan fingerprint density at radius 1 is 1.04 bits per heavy atom. The number of benzene rings is 2. The van der Waals surface area contributed by atoms with Crippen molar-refractivity contribution >= 4 is 5.69 Å². The van der Waals surface area contributed by atoms with Gasteiger partial charge in [-0.25, -0.2) is 0 Å². The molecule has 124 valence electrons. The van der Waals surface area contributed by atoms with Gasteiger partial charge in [0, 0.05) is 18.3 Å². The first-order valence-electron chi connectivity index (χ1n) is 8.66. The van der Waals surface area contributed by atoms with Gasteiger partial charge in [0.25, 0.3) is 0 Å². The summed E-state index contributed by atoms with van der Waals surface area (Å²) >= 11 is 0. The van der Waals surface area contributed by atoms with Gasteiger partial charge in [-0.15, -0.1) is 0 Å². The Labute approximate surface area is 141 Å². The van der Waals surface area contributed by atoms with Gasteiger partial charge in [-0.1, -0.05) is 47.5 Å². The van der Waals surface area contributed by atoms with Crippen molar-refractivity contribution in [1.82, 2.24) is 4.90 Å². The topological polar surface area (TPSA) is 29.3 Å². The number of likely N-dealkylation sites (tertiary alicyclic amines) is 1. The quantitative estimate of drug-likeness (QED) is 0.840. The molecule has 0 spiro atoms. The van der Waals surface area contributed by atoms with Crippen molar-refractivity contribution in [3.05, 3.63) is 65.2 Å². The predicted molar refractivity (Wildman–Crippen MR) is 101 cm³/mol. The van der Waals surface area contributed by atoms with Gasteiger partial charge in [0.2, 0.25) is 0 Å². The molecular formula is C21H30N2. The molecule has 0 aromatic heterocycles. The normalized spacial score (nSPS) is 17.6. The Morgan fingerprint density at radius 3 is 2.35 bits per heavy atom. The fourth-order valence-corrected chi connectivity index (χ4v) is 3.03. The van der Waals surface area contributed by atoms with Crippen LogP contribution in [0, 0.1) is 13.8 Å². The number of nitrogens with two attached hydrogens (primary N) is 1. The third-order valence-electron chi connectivity index (χ3n) is 4.54. The summed E-state index contributed by atoms with van der Waals surface area (Å²) in [6.45, 7) is 9.09. The summed E-state index contributed by atoms with van der Waals surface area (Å²) in [4.78, 5) is 2.61. The zero-order valence-electron chi connectivity index (χ0n) is 14.8. The number of anilines is 1. The van der Waals surface area contributed by atoms with Crippen LogP contribution in [0.3, 0.4) is 0 Å². The van der Waals surface area contributed by atoms with Crippen LogP contribution < -0.4 is 5.73 Å². The smallest absolute Gasteiger partial charge is 0.0314 e. The summed E-state index contributed by atoms with van der Waals surface area (Å²) < 4.78 is 0. The minimum atomic E-state index is 0.801. The van der Waals surface area contributed by atoms with E-state index >= 15 is 0 Å². The standard InChI is InChI=1S/C14H21N.C7H9N/c1-12-5-3-7-14(11-12)8-10-15-9-4-6-13(15)2;1-6-2-4-7(8)5-3-6/h3,5,7,11,13H,4,6,8-10H2,1-2H3;2-5H,8H2,1H3. The first-order chi connectivity index (χ1) is 11.0. The molecule has 2 aromatic rings. The average molecular weight is 310 g/mol. The minimum Gasteiger partial charge on any atom is -0.399 e. The number of hydrogen-bond donors (Lipinski definition) is 1. The predicted octanol–water partition coefficient (Wildman–Crippen LogP) is 4.60. The molecule has 1 unspecified atom stereocenters. The Kier molecular flexibility index (Phi) is 6.66. The van der Waals surface area contributed by atoms with E-state index in [9.17, 15) is 0 Å². The van der Waals surface area contributed by atoms with Crippen molar-refractivity contribution < 1.29 is 0 Å². The lowest BCUT2D eigenvalue weighted by Crippen LogP contribution is -2.28. The number of rotatable bonds is 3. The summed E-state index contributed by atoms with van der Waals surface area (Å²) in [5, 5.41) is 0. The molecule has 1 aliphatic rings. The molecule has 1 fully saturated rings. The molecule has 0 aliphatic carbocycles. The third kappa shape index (κ3) is 6.07. The molecule has 2 nitrogen and oxygen atoms in total. The van der Waals surface area contributed by atoms with E-state index in [1.807, 2.05) is 31.2 Å². The molecule has 2 aromatic carbocycles. The van der Waals surface area contributed by atoms with Crippen molar-refractivity contribution in [3.63, 3.8) is 0 Å². The van der Waals surface area contributed by atoms with Crippen molar-refractivity contribution in [1.29, 1.82) is 0 Å². The molecule has 0 saturated carbocycles. The highest BCUT2D eigenvalue weighted by Crippen LogP contribution is 2.17. The lowest BCUT2D eigenvalue weighted by molar-refractivity contribution is 0.272. The van der Waals surface area contributed by atoms with E-state index in [1.54, 1.807) is 0 Å². The van der Waals surface area contributed by atoms with E-state index < -0.39 is 0 Å². The first-order valence-corrected chi connectivity index (χ1v) is 8.66. The highest BCUT2D eigenvalue weighted by Gasteiger charge is 2.19. The lowest BCUT2D eigenvalue weighted by atomic mass is 10.1. The molecule has 1 atom stereocenters. The average Bonchev–Trinajstić information content (AvgIpc) is 2.94. The van der Waals surface area contributed by atoms with Gasteiger partial charge >= 0.3 is 0 Å². The van der Waals surface area contributed by atoms with Gasteiger partial charge in [-0.2, -0.15) is 0 Å². The molecule has 3 rings (SSSR count). The molecule has 1 saturated heterocycles. The highest BCUT2D eigenvalue weighted by molar-refractivity contribution is 5.38. The maximum absolute atomic E-state index is 5.43. The molecule has 23 heavy (non-hydrogen) atoms. The molecule has 1 aliphatic heterocycles. The maximum atomic E-state index is 5.43. The van der Waals surface area contributed by atoms with Crippen molar-refractivity contribution in [3.8, 4) is 0 Å². The van der Waals surface area contributed by atoms with E-state index in [-0.39, 0.29) is 0 Å². The Hall–Kier alpha value is -1.80. The van der Waals surface area contributed by atoms with Crippen LogP contribution in [0.2, 0.25) is 0 Å². The molecule has 0 amide bonds. The second-order valence-electron chi connectivity index (χ2n) is 6.68. The highest BCUT2D eigenvalue weighted by atomic mass is 15.2. The van der Waals surface area contributed by atoms with Gasteiger partial charge < -0.3 is 10.6 Å². The fraction of sp³-hybridized carbons (Fsp3) is 0.429. The second-order valence-corrected chi connectivity index (χ2v) is 6.68. The summed E-state index contributed by atoms with van der Waals surface area (Å²) in [7, 11) is 0. The molecule has 1 heterocycles. The van der Waals surface area contributed by atoms with Crippen LogP contribution in [0.25, 0.3) is 0 Å². The van der Waals surface area contributed by atoms with Gasteiger partial charge in [0.15, 0.2) is 0 Å². The van der Waals surface area contributed by atoms with E-state index in [2.05, 4.69) is 43.0 Å². The van der Waals surface area contributed by atoms with E-state index in [0.29, 0.717) is 0 Å². The largest absolute Gasteiger partial charge is 0.399 e. The molecule has 2 heteroatoms. The van der Waals surface area contributed by atoms with Gasteiger partial charge in [-0.05, 0) is 64.3 Å². The number of hydrogen-bond acceptors (Lipinski definition) is 2. The Bertz CT molecular complexity index is 568. The zero-order valence-corrected chi connectivity index (χ0v) is 14.8. The van der Waals surface area contributed by atoms with E-state index in [4.69, 9.17) is 5.73 Å². The second kappa shape index (κ2) is 8.73. The van der Waals surface area contributed by atoms with Crippen molar-refractivity contribution in [2.24, 2.45) is 0 Å². The Balaban J connectivity index is 0.000000203. The van der Waals surface area contributed by atoms with Crippen molar-refractivity contribution in [2.45, 2.75) is 46.1 Å². The van der Waals surface area contributed by atoms with Crippen LogP contribution in [0.1, 0.15) is 36.5 Å². The first kappa shape index (κ1) is 17.6. The van der Waals surface area contributed by atoms with Gasteiger partial charge in [0.05, 0.1) is 0 Å². The molecular weight excluding hydrogens is 280 g/mol. The van der Waals surface area contributed by atoms with E-state index in [0.717, 1.165) is 11.7 Å². The van der Waals surface area contributed by atoms with Crippen LogP contribution in [0.5, 0.6) is 0 Å². The lowest BCUT2D eigenvalue weighted by Gasteiger charge is -2.20. The molecule has 2 N–H and O–H groups in total. The van der Waals surface area contributed by atoms with Crippen LogP contribution in [0.15, 0.2) is 48.5 Å². The minimum absolute atomic E-state index is 0.801. The number of nitrogens with zero attached hydrogens (tertiary/aromatic N) is 1. The maximum Gasteiger partial charge on any atom is 0.0314 e. The van der Waals surface area contributed by atoms with Crippen LogP contribution in [-0.2, 0) is 6.42 Å².